The summed E-state index contributed by atoms with van der Waals surface area (Å²) in [5.74, 6) is 0. The van der Waals surface area contributed by atoms with Gasteiger partial charge in [0, 0.05) is 31.2 Å². The lowest BCUT2D eigenvalue weighted by atomic mass is 9.74. The van der Waals surface area contributed by atoms with Crippen LogP contribution in [0.15, 0.2) is 24.3 Å². The fourth-order valence-electron chi connectivity index (χ4n) is 3.65. The quantitative estimate of drug-likeness (QED) is 0.899. The highest BCUT2D eigenvalue weighted by Gasteiger charge is 2.43. The van der Waals surface area contributed by atoms with Gasteiger partial charge in [-0.15, -0.1) is 0 Å². The molecule has 1 N–H and O–H groups in total. The minimum absolute atomic E-state index is 0.281. The van der Waals surface area contributed by atoms with Crippen molar-refractivity contribution in [3.05, 3.63) is 29.8 Å². The lowest BCUT2D eigenvalue weighted by Gasteiger charge is -2.39. The summed E-state index contributed by atoms with van der Waals surface area (Å²) < 4.78 is 0. The first-order valence-electron chi connectivity index (χ1n) is 7.89. The number of rotatable bonds is 2. The van der Waals surface area contributed by atoms with Gasteiger partial charge in [0.15, 0.2) is 0 Å². The Morgan fingerprint density at radius 3 is 2.45 bits per heavy atom. The summed E-state index contributed by atoms with van der Waals surface area (Å²) in [6, 6.07) is 8.85. The monoisotopic (exact) mass is 276 g/mol. The van der Waals surface area contributed by atoms with E-state index in [1.54, 1.807) is 0 Å². The first-order valence-corrected chi connectivity index (χ1v) is 7.89. The van der Waals surface area contributed by atoms with E-state index in [4.69, 9.17) is 5.11 Å². The second-order valence-corrected chi connectivity index (χ2v) is 5.72. The van der Waals surface area contributed by atoms with Gasteiger partial charge in [0.25, 0.3) is 0 Å². The average Bonchev–Trinajstić information content (AvgIpc) is 2.78. The molecular formula is C17H28N2O. The van der Waals surface area contributed by atoms with Crippen LogP contribution >= 0.6 is 0 Å². The summed E-state index contributed by atoms with van der Waals surface area (Å²) in [5.41, 5.74) is 3.31. The largest absolute Gasteiger partial charge is 0.395 e. The Bertz CT molecular complexity index is 425. The van der Waals surface area contributed by atoms with Crippen LogP contribution in [0.4, 0.5) is 5.69 Å². The van der Waals surface area contributed by atoms with E-state index in [0.717, 1.165) is 26.2 Å². The van der Waals surface area contributed by atoms with Crippen molar-refractivity contribution in [3.8, 4) is 0 Å². The zero-order chi connectivity index (χ0) is 14.6. The molecule has 0 aromatic heterocycles. The molecule has 2 heterocycles. The van der Waals surface area contributed by atoms with Crippen LogP contribution in [0.25, 0.3) is 0 Å². The molecule has 1 aromatic rings. The lowest BCUT2D eigenvalue weighted by Crippen LogP contribution is -2.45. The Balaban J connectivity index is 0.000000704. The van der Waals surface area contributed by atoms with Crippen LogP contribution < -0.4 is 4.90 Å². The summed E-state index contributed by atoms with van der Waals surface area (Å²) in [4.78, 5) is 4.78. The van der Waals surface area contributed by atoms with Crippen molar-refractivity contribution >= 4 is 5.69 Å². The summed E-state index contributed by atoms with van der Waals surface area (Å²) in [6.07, 6.45) is 2.43. The maximum Gasteiger partial charge on any atom is 0.0558 e. The highest BCUT2D eigenvalue weighted by Crippen LogP contribution is 2.46. The predicted molar refractivity (Wildman–Crippen MR) is 85.5 cm³/mol. The van der Waals surface area contributed by atoms with Gasteiger partial charge in [-0.1, -0.05) is 32.0 Å². The van der Waals surface area contributed by atoms with E-state index < -0.39 is 0 Å². The highest BCUT2D eigenvalue weighted by atomic mass is 16.3. The maximum absolute atomic E-state index is 9.03. The van der Waals surface area contributed by atoms with Gasteiger partial charge in [0.1, 0.15) is 0 Å². The molecule has 2 aliphatic rings. The Morgan fingerprint density at radius 2 is 1.80 bits per heavy atom. The van der Waals surface area contributed by atoms with Gasteiger partial charge in [-0.25, -0.2) is 0 Å². The zero-order valence-corrected chi connectivity index (χ0v) is 13.1. The van der Waals surface area contributed by atoms with Crippen LogP contribution in [0.1, 0.15) is 32.3 Å². The van der Waals surface area contributed by atoms with Gasteiger partial charge in [-0.2, -0.15) is 0 Å². The minimum atomic E-state index is 0.281. The smallest absolute Gasteiger partial charge is 0.0558 e. The fraction of sp³-hybridized carbons (Fsp3) is 0.647. The first-order chi connectivity index (χ1) is 9.75. The van der Waals surface area contributed by atoms with Crippen LogP contribution in [0.3, 0.4) is 0 Å². The third-order valence-electron chi connectivity index (χ3n) is 4.66. The molecule has 3 nitrogen and oxygen atoms in total. The molecule has 20 heavy (non-hydrogen) atoms. The van der Waals surface area contributed by atoms with Gasteiger partial charge in [-0.3, -0.25) is 0 Å². The Hall–Kier alpha value is -1.06. The zero-order valence-electron chi connectivity index (χ0n) is 13.1. The molecule has 1 spiro atoms. The van der Waals surface area contributed by atoms with Crippen LogP contribution in [-0.2, 0) is 5.41 Å². The topological polar surface area (TPSA) is 26.7 Å². The van der Waals surface area contributed by atoms with Gasteiger partial charge in [0.2, 0.25) is 0 Å². The number of para-hydroxylation sites is 1. The third-order valence-corrected chi connectivity index (χ3v) is 4.66. The normalized spacial score (nSPS) is 20.5. The number of aliphatic hydroxyl groups is 1. The number of likely N-dealkylation sites (tertiary alicyclic amines) is 1. The van der Waals surface area contributed by atoms with Crippen LogP contribution in [0, 0.1) is 0 Å². The van der Waals surface area contributed by atoms with Crippen molar-refractivity contribution < 1.29 is 5.11 Å². The van der Waals surface area contributed by atoms with E-state index in [2.05, 4.69) is 41.1 Å². The number of aliphatic hydroxyl groups excluding tert-OH is 1. The number of nitrogens with zero attached hydrogens (tertiary/aromatic N) is 2. The van der Waals surface area contributed by atoms with E-state index in [9.17, 15) is 0 Å². The molecule has 1 saturated heterocycles. The van der Waals surface area contributed by atoms with E-state index in [1.165, 1.54) is 24.1 Å². The Labute approximate surface area is 123 Å². The lowest BCUT2D eigenvalue weighted by molar-refractivity contribution is 0.136. The number of fused-ring (bicyclic) bond motifs is 2. The number of anilines is 1. The molecule has 2 aliphatic heterocycles. The standard InChI is InChI=1S/C15H22N2O.C2H6/c1-16-12-15(13-4-2-3-5-14(13)16)6-8-17(9-7-15)10-11-18;1-2/h2-5,18H,6-12H2,1H3;1-2H3. The molecule has 1 fully saturated rings. The number of piperidine rings is 1. The molecule has 0 aliphatic carbocycles. The Morgan fingerprint density at radius 1 is 1.15 bits per heavy atom. The molecule has 1 aromatic carbocycles. The Kier molecular flexibility index (Phi) is 5.06. The SMILES string of the molecule is CC.CN1CC2(CCN(CCO)CC2)c2ccccc21. The van der Waals surface area contributed by atoms with Gasteiger partial charge in [0.05, 0.1) is 6.61 Å². The van der Waals surface area contributed by atoms with Crippen LogP contribution in [0.5, 0.6) is 0 Å². The number of likely N-dealkylation sites (N-methyl/N-ethyl adjacent to an activating group) is 1. The molecule has 3 heteroatoms. The van der Waals surface area contributed by atoms with Crippen LogP contribution in [0.2, 0.25) is 0 Å². The highest BCUT2D eigenvalue weighted by molar-refractivity contribution is 5.62. The minimum Gasteiger partial charge on any atom is -0.395 e. The van der Waals surface area contributed by atoms with E-state index in [0.29, 0.717) is 5.41 Å². The second-order valence-electron chi connectivity index (χ2n) is 5.72. The molecule has 0 amide bonds. The maximum atomic E-state index is 9.03. The summed E-state index contributed by atoms with van der Waals surface area (Å²) >= 11 is 0. The average molecular weight is 276 g/mol. The van der Waals surface area contributed by atoms with Crippen molar-refractivity contribution in [2.75, 3.05) is 44.7 Å². The van der Waals surface area contributed by atoms with Crippen molar-refractivity contribution in [1.82, 2.24) is 4.90 Å². The molecule has 0 radical (unpaired) electrons. The number of β-amino-alcohol motifs (C(OH)–C–C–N with tert-alkyl or cyclic N) is 1. The molecule has 3 rings (SSSR count). The van der Waals surface area contributed by atoms with Crippen molar-refractivity contribution in [3.63, 3.8) is 0 Å². The summed E-state index contributed by atoms with van der Waals surface area (Å²) in [6.45, 7) is 8.49. The molecule has 0 bridgehead atoms. The van der Waals surface area contributed by atoms with E-state index in [-0.39, 0.29) is 6.61 Å². The summed E-state index contributed by atoms with van der Waals surface area (Å²) in [7, 11) is 2.20. The second kappa shape index (κ2) is 6.59. The number of benzene rings is 1. The van der Waals surface area contributed by atoms with Crippen molar-refractivity contribution in [2.45, 2.75) is 32.1 Å². The molecule has 0 unspecified atom stereocenters. The summed E-state index contributed by atoms with van der Waals surface area (Å²) in [5, 5.41) is 9.03. The molecule has 112 valence electrons. The number of hydrogen-bond acceptors (Lipinski definition) is 3. The van der Waals surface area contributed by atoms with Gasteiger partial charge in [-0.05, 0) is 37.6 Å². The molecular weight excluding hydrogens is 248 g/mol. The van der Waals surface area contributed by atoms with Crippen LogP contribution in [-0.4, -0.2) is 49.8 Å². The fourth-order valence-corrected chi connectivity index (χ4v) is 3.65. The van der Waals surface area contributed by atoms with Crippen molar-refractivity contribution in [2.24, 2.45) is 0 Å². The van der Waals surface area contributed by atoms with E-state index in [1.807, 2.05) is 13.8 Å². The number of hydrogen-bond donors (Lipinski definition) is 1. The van der Waals surface area contributed by atoms with E-state index >= 15 is 0 Å². The molecule has 0 atom stereocenters. The first kappa shape index (κ1) is 15.3. The van der Waals surface area contributed by atoms with Crippen molar-refractivity contribution in [1.29, 1.82) is 0 Å². The van der Waals surface area contributed by atoms with Gasteiger partial charge < -0.3 is 14.9 Å². The predicted octanol–water partition coefficient (Wildman–Crippen LogP) is 2.49. The van der Waals surface area contributed by atoms with Gasteiger partial charge >= 0.3 is 0 Å². The molecule has 0 saturated carbocycles. The third kappa shape index (κ3) is 2.70.